The summed E-state index contributed by atoms with van der Waals surface area (Å²) in [7, 11) is 0. The summed E-state index contributed by atoms with van der Waals surface area (Å²) in [4.78, 5) is 12.5. The molecule has 120 valence electrons. The van der Waals surface area contributed by atoms with Crippen LogP contribution in [0.5, 0.6) is 5.75 Å². The predicted octanol–water partition coefficient (Wildman–Crippen LogP) is 4.39. The van der Waals surface area contributed by atoms with E-state index in [0.29, 0.717) is 16.9 Å². The van der Waals surface area contributed by atoms with E-state index in [4.69, 9.17) is 10.00 Å². The molecule has 3 nitrogen and oxygen atoms in total. The van der Waals surface area contributed by atoms with Crippen molar-refractivity contribution < 1.29 is 9.53 Å². The zero-order valence-corrected chi connectivity index (χ0v) is 13.5. The Morgan fingerprint density at radius 3 is 2.52 bits per heavy atom. The van der Waals surface area contributed by atoms with E-state index in [2.05, 4.69) is 18.2 Å². The molecule has 0 saturated carbocycles. The first-order chi connectivity index (χ1) is 12.2. The van der Waals surface area contributed by atoms with Crippen LogP contribution < -0.4 is 4.74 Å². The molecule has 0 radical (unpaired) electrons. The van der Waals surface area contributed by atoms with Gasteiger partial charge in [0.25, 0.3) is 0 Å². The number of carbonyl (C=O) groups excluding carboxylic acids is 1. The second kappa shape index (κ2) is 6.26. The second-order valence-corrected chi connectivity index (χ2v) is 6.05. The van der Waals surface area contributed by atoms with E-state index in [1.54, 1.807) is 24.3 Å². The van der Waals surface area contributed by atoms with Gasteiger partial charge in [-0.15, -0.1) is 0 Å². The number of ketones is 1. The van der Waals surface area contributed by atoms with Crippen molar-refractivity contribution >= 4 is 5.78 Å². The highest BCUT2D eigenvalue weighted by molar-refractivity contribution is 5.99. The van der Waals surface area contributed by atoms with Crippen molar-refractivity contribution in [2.75, 3.05) is 6.61 Å². The SMILES string of the molecule is N#Cc1ccc(OCC(=O)c2ccc3c(c2)-c2ccccc2C3)cc1. The highest BCUT2D eigenvalue weighted by atomic mass is 16.5. The van der Waals surface area contributed by atoms with Crippen molar-refractivity contribution in [1.29, 1.82) is 5.26 Å². The van der Waals surface area contributed by atoms with Crippen LogP contribution in [0.4, 0.5) is 0 Å². The number of benzene rings is 3. The maximum Gasteiger partial charge on any atom is 0.200 e. The van der Waals surface area contributed by atoms with E-state index >= 15 is 0 Å². The standard InChI is InChI=1S/C22H15NO2/c23-13-15-5-9-19(10-6-15)25-14-22(24)18-8-7-17-11-16-3-1-2-4-20(16)21(17)12-18/h1-10,12H,11,14H2. The zero-order valence-electron chi connectivity index (χ0n) is 13.5. The van der Waals surface area contributed by atoms with E-state index in [-0.39, 0.29) is 12.4 Å². The number of hydrogen-bond acceptors (Lipinski definition) is 3. The number of Topliss-reactive ketones (excluding diaryl/α,β-unsaturated/α-hetero) is 1. The third kappa shape index (κ3) is 2.90. The Morgan fingerprint density at radius 1 is 0.960 bits per heavy atom. The first kappa shape index (κ1) is 15.2. The van der Waals surface area contributed by atoms with Gasteiger partial charge >= 0.3 is 0 Å². The molecule has 25 heavy (non-hydrogen) atoms. The lowest BCUT2D eigenvalue weighted by Gasteiger charge is -2.07. The molecule has 0 aliphatic heterocycles. The maximum atomic E-state index is 12.5. The molecule has 3 aromatic rings. The van der Waals surface area contributed by atoms with Gasteiger partial charge in [-0.05, 0) is 59.0 Å². The molecule has 3 heteroatoms. The Kier molecular flexibility index (Phi) is 3.80. The topological polar surface area (TPSA) is 50.1 Å². The molecule has 0 atom stereocenters. The summed E-state index contributed by atoms with van der Waals surface area (Å²) >= 11 is 0. The van der Waals surface area contributed by atoms with Crippen LogP contribution >= 0.6 is 0 Å². The third-order valence-corrected chi connectivity index (χ3v) is 4.47. The average Bonchev–Trinajstić information content (AvgIpc) is 3.04. The Bertz CT molecular complexity index is 997. The van der Waals surface area contributed by atoms with Gasteiger partial charge in [-0.2, -0.15) is 5.26 Å². The van der Waals surface area contributed by atoms with Gasteiger partial charge in [0, 0.05) is 5.56 Å². The van der Waals surface area contributed by atoms with Crippen molar-refractivity contribution in [3.8, 4) is 22.9 Å². The molecule has 3 aromatic carbocycles. The molecule has 1 aliphatic carbocycles. The summed E-state index contributed by atoms with van der Waals surface area (Å²) in [5.41, 5.74) is 6.13. The van der Waals surface area contributed by atoms with Crippen LogP contribution in [0.25, 0.3) is 11.1 Å². The Labute approximate surface area is 146 Å². The number of nitrogens with zero attached hydrogens (tertiary/aromatic N) is 1. The number of nitriles is 1. The van der Waals surface area contributed by atoms with E-state index in [1.807, 2.05) is 30.3 Å². The van der Waals surface area contributed by atoms with E-state index < -0.39 is 0 Å². The first-order valence-corrected chi connectivity index (χ1v) is 8.12. The van der Waals surface area contributed by atoms with Crippen LogP contribution in [0.2, 0.25) is 0 Å². The largest absolute Gasteiger partial charge is 0.485 e. The zero-order chi connectivity index (χ0) is 17.2. The maximum absolute atomic E-state index is 12.5. The molecule has 0 N–H and O–H groups in total. The van der Waals surface area contributed by atoms with E-state index in [1.165, 1.54) is 16.7 Å². The summed E-state index contributed by atoms with van der Waals surface area (Å²) in [5.74, 6) is 0.524. The van der Waals surface area contributed by atoms with Gasteiger partial charge in [0.15, 0.2) is 12.4 Å². The minimum absolute atomic E-state index is 0.0215. The molecule has 0 amide bonds. The van der Waals surface area contributed by atoms with Gasteiger partial charge in [-0.1, -0.05) is 36.4 Å². The van der Waals surface area contributed by atoms with Gasteiger partial charge in [-0.25, -0.2) is 0 Å². The normalized spacial score (nSPS) is 11.3. The highest BCUT2D eigenvalue weighted by Crippen LogP contribution is 2.36. The smallest absolute Gasteiger partial charge is 0.200 e. The van der Waals surface area contributed by atoms with Crippen molar-refractivity contribution in [2.45, 2.75) is 6.42 Å². The number of hydrogen-bond donors (Lipinski definition) is 0. The van der Waals surface area contributed by atoms with Crippen LogP contribution in [0, 0.1) is 11.3 Å². The summed E-state index contributed by atoms with van der Waals surface area (Å²) in [5, 5.41) is 8.80. The number of ether oxygens (including phenoxy) is 1. The fourth-order valence-electron chi connectivity index (χ4n) is 3.16. The molecule has 0 aromatic heterocycles. The lowest BCUT2D eigenvalue weighted by molar-refractivity contribution is 0.0921. The van der Waals surface area contributed by atoms with Gasteiger partial charge in [-0.3, -0.25) is 4.79 Å². The van der Waals surface area contributed by atoms with Gasteiger partial charge in [0.05, 0.1) is 11.6 Å². The Balaban J connectivity index is 1.51. The number of fused-ring (bicyclic) bond motifs is 3. The fourth-order valence-corrected chi connectivity index (χ4v) is 3.16. The number of carbonyl (C=O) groups is 1. The minimum Gasteiger partial charge on any atom is -0.485 e. The summed E-state index contributed by atoms with van der Waals surface area (Å²) in [6.07, 6.45) is 0.918. The van der Waals surface area contributed by atoms with Crippen molar-refractivity contribution in [3.05, 3.63) is 89.0 Å². The molecule has 0 bridgehead atoms. The van der Waals surface area contributed by atoms with Gasteiger partial charge in [0.2, 0.25) is 0 Å². The molecule has 0 heterocycles. The molecule has 0 unspecified atom stereocenters. The van der Waals surface area contributed by atoms with Gasteiger partial charge < -0.3 is 4.74 Å². The molecule has 0 spiro atoms. The van der Waals surface area contributed by atoms with Crippen molar-refractivity contribution in [2.24, 2.45) is 0 Å². The second-order valence-electron chi connectivity index (χ2n) is 6.05. The van der Waals surface area contributed by atoms with Crippen LogP contribution in [0.1, 0.15) is 27.0 Å². The first-order valence-electron chi connectivity index (χ1n) is 8.12. The quantitative estimate of drug-likeness (QED) is 0.523. The monoisotopic (exact) mass is 325 g/mol. The minimum atomic E-state index is -0.0588. The predicted molar refractivity (Wildman–Crippen MR) is 95.7 cm³/mol. The highest BCUT2D eigenvalue weighted by Gasteiger charge is 2.19. The third-order valence-electron chi connectivity index (χ3n) is 4.47. The Hall–Kier alpha value is -3.38. The molecule has 1 aliphatic rings. The van der Waals surface area contributed by atoms with Crippen LogP contribution in [0.15, 0.2) is 66.7 Å². The van der Waals surface area contributed by atoms with Crippen LogP contribution in [-0.2, 0) is 6.42 Å². The number of rotatable bonds is 4. The lowest BCUT2D eigenvalue weighted by atomic mass is 10.0. The van der Waals surface area contributed by atoms with Crippen molar-refractivity contribution in [3.63, 3.8) is 0 Å². The average molecular weight is 325 g/mol. The van der Waals surface area contributed by atoms with Crippen LogP contribution in [0.3, 0.4) is 0 Å². The van der Waals surface area contributed by atoms with Gasteiger partial charge in [0.1, 0.15) is 5.75 Å². The molecule has 4 rings (SSSR count). The van der Waals surface area contributed by atoms with Crippen molar-refractivity contribution in [1.82, 2.24) is 0 Å². The van der Waals surface area contributed by atoms with E-state index in [0.717, 1.165) is 12.0 Å². The Morgan fingerprint density at radius 2 is 1.72 bits per heavy atom. The molecular formula is C22H15NO2. The molecule has 0 fully saturated rings. The summed E-state index contributed by atoms with van der Waals surface area (Å²) in [6.45, 7) is -0.0215. The summed E-state index contributed by atoms with van der Waals surface area (Å²) in [6, 6.07) is 23.0. The summed E-state index contributed by atoms with van der Waals surface area (Å²) < 4.78 is 5.55. The molecular weight excluding hydrogens is 310 g/mol. The van der Waals surface area contributed by atoms with E-state index in [9.17, 15) is 4.79 Å². The van der Waals surface area contributed by atoms with Crippen LogP contribution in [-0.4, -0.2) is 12.4 Å². The molecule has 0 saturated heterocycles. The lowest BCUT2D eigenvalue weighted by Crippen LogP contribution is -2.11. The fraction of sp³-hybridized carbons (Fsp3) is 0.0909.